The normalized spacial score (nSPS) is 11.0. The number of aryl methyl sites for hydroxylation is 2. The Morgan fingerprint density at radius 1 is 1.17 bits per heavy atom. The van der Waals surface area contributed by atoms with Crippen LogP contribution in [-0.4, -0.2) is 20.4 Å². The van der Waals surface area contributed by atoms with E-state index in [1.165, 1.54) is 28.0 Å². The van der Waals surface area contributed by atoms with Gasteiger partial charge in [0.1, 0.15) is 11.6 Å². The van der Waals surface area contributed by atoms with Gasteiger partial charge in [0.05, 0.1) is 24.2 Å². The van der Waals surface area contributed by atoms with Crippen molar-refractivity contribution >= 4 is 17.2 Å². The van der Waals surface area contributed by atoms with Crippen LogP contribution in [0.3, 0.4) is 0 Å². The van der Waals surface area contributed by atoms with Crippen LogP contribution in [0.2, 0.25) is 0 Å². The first-order valence-electron chi connectivity index (χ1n) is 9.51. The van der Waals surface area contributed by atoms with Gasteiger partial charge in [-0.25, -0.2) is 4.98 Å². The average Bonchev–Trinajstić information content (AvgIpc) is 3.47. The first-order chi connectivity index (χ1) is 14.1. The first kappa shape index (κ1) is 19.2. The van der Waals surface area contributed by atoms with Crippen LogP contribution in [0.1, 0.15) is 37.9 Å². The molecule has 6 heteroatoms. The van der Waals surface area contributed by atoms with Gasteiger partial charge in [0.2, 0.25) is 0 Å². The number of thiophene rings is 1. The molecule has 0 spiro atoms. The third kappa shape index (κ3) is 4.49. The van der Waals surface area contributed by atoms with E-state index in [9.17, 15) is 4.79 Å². The van der Waals surface area contributed by atoms with Crippen molar-refractivity contribution in [3.8, 4) is 0 Å². The lowest BCUT2D eigenvalue weighted by Gasteiger charge is -2.21. The Kier molecular flexibility index (Phi) is 5.62. The summed E-state index contributed by atoms with van der Waals surface area (Å²) in [7, 11) is 0. The van der Waals surface area contributed by atoms with Crippen molar-refractivity contribution in [1.29, 1.82) is 0 Å². The topological polar surface area (TPSA) is 51.3 Å². The van der Waals surface area contributed by atoms with Crippen molar-refractivity contribution < 1.29 is 9.21 Å². The smallest absolute Gasteiger partial charge is 0.264 e. The fourth-order valence-corrected chi connectivity index (χ4v) is 4.00. The van der Waals surface area contributed by atoms with Gasteiger partial charge in [-0.1, -0.05) is 29.8 Å². The molecule has 0 atom stereocenters. The van der Waals surface area contributed by atoms with Crippen molar-refractivity contribution in [2.45, 2.75) is 33.5 Å². The average molecular weight is 406 g/mol. The minimum absolute atomic E-state index is 0.0160. The second kappa shape index (κ2) is 8.49. The third-order valence-corrected chi connectivity index (χ3v) is 5.78. The molecule has 3 heterocycles. The quantitative estimate of drug-likeness (QED) is 0.433. The van der Waals surface area contributed by atoms with Crippen LogP contribution < -0.4 is 0 Å². The van der Waals surface area contributed by atoms with Crippen LogP contribution in [0.15, 0.2) is 70.9 Å². The van der Waals surface area contributed by atoms with Gasteiger partial charge >= 0.3 is 0 Å². The largest absolute Gasteiger partial charge is 0.467 e. The molecule has 0 aliphatic heterocycles. The molecule has 1 amide bonds. The molecule has 0 aliphatic rings. The zero-order valence-electron chi connectivity index (χ0n) is 16.5. The minimum Gasteiger partial charge on any atom is -0.467 e. The van der Waals surface area contributed by atoms with E-state index in [1.807, 2.05) is 35.8 Å². The molecule has 5 nitrogen and oxygen atoms in total. The van der Waals surface area contributed by atoms with E-state index in [0.29, 0.717) is 18.0 Å². The molecule has 3 aromatic heterocycles. The first-order valence-corrected chi connectivity index (χ1v) is 10.4. The Labute approximate surface area is 174 Å². The molecule has 1 aromatic carbocycles. The standard InChI is InChI=1S/C23H23N3O2S/c1-17-7-8-18(2)19(13-17)14-25-10-9-24-22(25)16-26(15-20-5-3-11-28-20)23(27)21-6-4-12-29-21/h3-13H,14-16H2,1-2H3. The summed E-state index contributed by atoms with van der Waals surface area (Å²) in [5.41, 5.74) is 3.74. The van der Waals surface area contributed by atoms with Gasteiger partial charge in [0.15, 0.2) is 0 Å². The fourth-order valence-electron chi connectivity index (χ4n) is 3.31. The Hall–Kier alpha value is -3.12. The van der Waals surface area contributed by atoms with E-state index in [0.717, 1.165) is 18.1 Å². The SMILES string of the molecule is Cc1ccc(C)c(Cn2ccnc2CN(Cc2ccco2)C(=O)c2cccs2)c1. The number of furan rings is 1. The summed E-state index contributed by atoms with van der Waals surface area (Å²) in [4.78, 5) is 20.1. The molecular weight excluding hydrogens is 382 g/mol. The number of imidazole rings is 1. The molecule has 0 radical (unpaired) electrons. The van der Waals surface area contributed by atoms with Crippen molar-refractivity contribution in [2.75, 3.05) is 0 Å². The monoisotopic (exact) mass is 405 g/mol. The highest BCUT2D eigenvalue weighted by Gasteiger charge is 2.20. The van der Waals surface area contributed by atoms with E-state index in [2.05, 4.69) is 41.6 Å². The summed E-state index contributed by atoms with van der Waals surface area (Å²) < 4.78 is 7.60. The Bertz CT molecular complexity index is 1080. The van der Waals surface area contributed by atoms with Gasteiger partial charge in [-0.3, -0.25) is 4.79 Å². The van der Waals surface area contributed by atoms with E-state index >= 15 is 0 Å². The second-order valence-electron chi connectivity index (χ2n) is 7.12. The maximum atomic E-state index is 13.1. The zero-order valence-corrected chi connectivity index (χ0v) is 17.4. The number of rotatable bonds is 7. The highest BCUT2D eigenvalue weighted by Crippen LogP contribution is 2.19. The van der Waals surface area contributed by atoms with Crippen LogP contribution in [0, 0.1) is 13.8 Å². The predicted molar refractivity (Wildman–Crippen MR) is 114 cm³/mol. The molecule has 148 valence electrons. The summed E-state index contributed by atoms with van der Waals surface area (Å²) in [6.07, 6.45) is 5.39. The zero-order chi connectivity index (χ0) is 20.2. The molecule has 4 rings (SSSR count). The Morgan fingerprint density at radius 2 is 2.07 bits per heavy atom. The summed E-state index contributed by atoms with van der Waals surface area (Å²) in [6.45, 7) is 5.76. The van der Waals surface area contributed by atoms with E-state index in [-0.39, 0.29) is 5.91 Å². The second-order valence-corrected chi connectivity index (χ2v) is 8.07. The Balaban J connectivity index is 1.59. The summed E-state index contributed by atoms with van der Waals surface area (Å²) in [5, 5.41) is 1.92. The maximum Gasteiger partial charge on any atom is 0.264 e. The lowest BCUT2D eigenvalue weighted by atomic mass is 10.1. The van der Waals surface area contributed by atoms with Gasteiger partial charge in [-0.15, -0.1) is 11.3 Å². The molecular formula is C23H23N3O2S. The van der Waals surface area contributed by atoms with Crippen LogP contribution in [-0.2, 0) is 19.6 Å². The lowest BCUT2D eigenvalue weighted by Crippen LogP contribution is -2.30. The van der Waals surface area contributed by atoms with Crippen molar-refractivity contribution in [2.24, 2.45) is 0 Å². The van der Waals surface area contributed by atoms with Gasteiger partial charge in [0, 0.05) is 18.9 Å². The molecule has 0 bridgehead atoms. The van der Waals surface area contributed by atoms with Crippen molar-refractivity contribution in [3.05, 3.63) is 99.7 Å². The predicted octanol–water partition coefficient (Wildman–Crippen LogP) is 5.05. The van der Waals surface area contributed by atoms with E-state index in [4.69, 9.17) is 4.42 Å². The number of benzene rings is 1. The number of carbonyl (C=O) groups excluding carboxylic acids is 1. The Morgan fingerprint density at radius 3 is 2.83 bits per heavy atom. The molecule has 4 aromatic rings. The van der Waals surface area contributed by atoms with E-state index in [1.54, 1.807) is 17.4 Å². The number of hydrogen-bond acceptors (Lipinski definition) is 4. The van der Waals surface area contributed by atoms with Gasteiger partial charge < -0.3 is 13.9 Å². The van der Waals surface area contributed by atoms with Crippen LogP contribution >= 0.6 is 11.3 Å². The van der Waals surface area contributed by atoms with Gasteiger partial charge in [-0.2, -0.15) is 0 Å². The third-order valence-electron chi connectivity index (χ3n) is 4.93. The molecule has 0 fully saturated rings. The van der Waals surface area contributed by atoms with Crippen LogP contribution in [0.5, 0.6) is 0 Å². The van der Waals surface area contributed by atoms with Crippen LogP contribution in [0.25, 0.3) is 0 Å². The number of nitrogens with zero attached hydrogens (tertiary/aromatic N) is 3. The minimum atomic E-state index is -0.0160. The molecule has 0 saturated carbocycles. The molecule has 0 unspecified atom stereocenters. The lowest BCUT2D eigenvalue weighted by molar-refractivity contribution is 0.0716. The number of amides is 1. The fraction of sp³-hybridized carbons (Fsp3) is 0.217. The van der Waals surface area contributed by atoms with Gasteiger partial charge in [-0.05, 0) is 48.6 Å². The van der Waals surface area contributed by atoms with Crippen molar-refractivity contribution in [3.63, 3.8) is 0 Å². The highest BCUT2D eigenvalue weighted by atomic mass is 32.1. The maximum absolute atomic E-state index is 13.1. The number of carbonyl (C=O) groups is 1. The molecule has 0 saturated heterocycles. The molecule has 0 N–H and O–H groups in total. The summed E-state index contributed by atoms with van der Waals surface area (Å²) >= 11 is 1.45. The van der Waals surface area contributed by atoms with Crippen LogP contribution in [0.4, 0.5) is 0 Å². The number of aromatic nitrogens is 2. The van der Waals surface area contributed by atoms with Gasteiger partial charge in [0.25, 0.3) is 5.91 Å². The number of hydrogen-bond donors (Lipinski definition) is 0. The van der Waals surface area contributed by atoms with E-state index < -0.39 is 0 Å². The molecule has 29 heavy (non-hydrogen) atoms. The summed E-state index contributed by atoms with van der Waals surface area (Å²) in [5.74, 6) is 1.59. The van der Waals surface area contributed by atoms with Crippen molar-refractivity contribution in [1.82, 2.24) is 14.5 Å². The summed E-state index contributed by atoms with van der Waals surface area (Å²) in [6, 6.07) is 13.9. The highest BCUT2D eigenvalue weighted by molar-refractivity contribution is 7.12. The molecule has 0 aliphatic carbocycles.